The number of aryl methyl sites for hydroxylation is 1. The van der Waals surface area contributed by atoms with Crippen LogP contribution in [0.3, 0.4) is 0 Å². The van der Waals surface area contributed by atoms with E-state index in [9.17, 15) is 4.39 Å². The Balaban J connectivity index is 1.81. The topological polar surface area (TPSA) is 95.6 Å². The third kappa shape index (κ3) is 2.47. The highest BCUT2D eigenvalue weighted by Gasteiger charge is 2.22. The van der Waals surface area contributed by atoms with Gasteiger partial charge in [0.1, 0.15) is 11.3 Å². The number of imidazole rings is 1. The zero-order chi connectivity index (χ0) is 18.5. The van der Waals surface area contributed by atoms with Crippen molar-refractivity contribution >= 4 is 17.0 Å². The molecule has 134 valence electrons. The van der Waals surface area contributed by atoms with E-state index in [-0.39, 0.29) is 6.04 Å². The SMILES string of the molecule is Nc1ncccc1-c1nc2ccc(F)nc2n1-c1ccc2c(c1)CC[C@@H]2N. The van der Waals surface area contributed by atoms with Gasteiger partial charge in [0.05, 0.1) is 5.56 Å². The van der Waals surface area contributed by atoms with Crippen LogP contribution < -0.4 is 11.5 Å². The molecular formula is C20H17FN6. The van der Waals surface area contributed by atoms with Crippen molar-refractivity contribution in [3.63, 3.8) is 0 Å². The number of halogens is 1. The quantitative estimate of drug-likeness (QED) is 0.535. The van der Waals surface area contributed by atoms with Crippen LogP contribution in [-0.4, -0.2) is 19.5 Å². The largest absolute Gasteiger partial charge is 0.383 e. The number of aromatic nitrogens is 4. The van der Waals surface area contributed by atoms with Crippen LogP contribution in [0.15, 0.2) is 48.7 Å². The van der Waals surface area contributed by atoms with Gasteiger partial charge in [-0.05, 0) is 60.4 Å². The maximum atomic E-state index is 13.9. The van der Waals surface area contributed by atoms with Crippen molar-refractivity contribution in [3.05, 3.63) is 65.7 Å². The molecule has 0 bridgehead atoms. The summed E-state index contributed by atoms with van der Waals surface area (Å²) in [7, 11) is 0. The number of anilines is 1. The Bertz CT molecular complexity index is 1180. The minimum atomic E-state index is -0.558. The molecule has 0 saturated heterocycles. The highest BCUT2D eigenvalue weighted by molar-refractivity contribution is 5.82. The molecule has 1 aliphatic rings. The number of hydrogen-bond donors (Lipinski definition) is 2. The second kappa shape index (κ2) is 5.85. The van der Waals surface area contributed by atoms with Crippen LogP contribution in [0, 0.1) is 5.95 Å². The third-order valence-electron chi connectivity index (χ3n) is 5.06. The molecule has 5 rings (SSSR count). The lowest BCUT2D eigenvalue weighted by Crippen LogP contribution is -2.06. The first-order valence-corrected chi connectivity index (χ1v) is 8.76. The van der Waals surface area contributed by atoms with Gasteiger partial charge in [-0.25, -0.2) is 9.97 Å². The molecule has 3 heterocycles. The summed E-state index contributed by atoms with van der Waals surface area (Å²) in [6.07, 6.45) is 3.47. The Morgan fingerprint density at radius 2 is 2.00 bits per heavy atom. The molecule has 4 aromatic rings. The van der Waals surface area contributed by atoms with Gasteiger partial charge in [-0.3, -0.25) is 4.57 Å². The number of nitrogens with zero attached hydrogens (tertiary/aromatic N) is 4. The second-order valence-corrected chi connectivity index (χ2v) is 6.71. The predicted molar refractivity (Wildman–Crippen MR) is 102 cm³/mol. The number of nitrogens with two attached hydrogens (primary N) is 2. The van der Waals surface area contributed by atoms with Gasteiger partial charge >= 0.3 is 0 Å². The van der Waals surface area contributed by atoms with E-state index in [2.05, 4.69) is 21.0 Å². The van der Waals surface area contributed by atoms with Crippen LogP contribution in [0.1, 0.15) is 23.6 Å². The number of rotatable bonds is 2. The molecule has 0 amide bonds. The number of nitrogen functional groups attached to an aromatic ring is 1. The first kappa shape index (κ1) is 15.9. The Kier molecular flexibility index (Phi) is 3.45. The van der Waals surface area contributed by atoms with Crippen LogP contribution >= 0.6 is 0 Å². The van der Waals surface area contributed by atoms with Crippen LogP contribution in [0.2, 0.25) is 0 Å². The Hall–Kier alpha value is -3.32. The molecule has 6 nitrogen and oxygen atoms in total. The summed E-state index contributed by atoms with van der Waals surface area (Å²) in [6, 6.07) is 12.7. The standard InChI is InChI=1S/C20H17FN6/c21-17-8-7-16-20(26-17)27(19(25-16)14-2-1-9-24-18(14)23)12-4-5-13-11(10-12)3-6-15(13)22/h1-2,4-5,7-10,15H,3,6,22H2,(H2,23,24)/t15-/m0/s1. The lowest BCUT2D eigenvalue weighted by molar-refractivity contribution is 0.587. The number of pyridine rings is 2. The average Bonchev–Trinajstić information content (AvgIpc) is 3.22. The zero-order valence-electron chi connectivity index (χ0n) is 14.4. The maximum absolute atomic E-state index is 13.9. The molecule has 7 heteroatoms. The fourth-order valence-electron chi connectivity index (χ4n) is 3.74. The Morgan fingerprint density at radius 3 is 2.85 bits per heavy atom. The first-order valence-electron chi connectivity index (χ1n) is 8.76. The van der Waals surface area contributed by atoms with Gasteiger partial charge in [0.25, 0.3) is 0 Å². The van der Waals surface area contributed by atoms with E-state index in [0.717, 1.165) is 24.1 Å². The molecule has 1 atom stereocenters. The summed E-state index contributed by atoms with van der Waals surface area (Å²) in [4.78, 5) is 12.9. The highest BCUT2D eigenvalue weighted by atomic mass is 19.1. The summed E-state index contributed by atoms with van der Waals surface area (Å²) in [5.41, 5.74) is 17.2. The maximum Gasteiger partial charge on any atom is 0.214 e. The number of hydrogen-bond acceptors (Lipinski definition) is 5. The highest BCUT2D eigenvalue weighted by Crippen LogP contribution is 2.34. The van der Waals surface area contributed by atoms with Crippen LogP contribution in [0.5, 0.6) is 0 Å². The molecule has 27 heavy (non-hydrogen) atoms. The minimum Gasteiger partial charge on any atom is -0.383 e. The number of benzene rings is 1. The lowest BCUT2D eigenvalue weighted by Gasteiger charge is -2.12. The molecule has 0 spiro atoms. The molecule has 1 aromatic carbocycles. The van der Waals surface area contributed by atoms with Crippen LogP contribution in [-0.2, 0) is 6.42 Å². The monoisotopic (exact) mass is 360 g/mol. The molecule has 0 aliphatic heterocycles. The molecule has 4 N–H and O–H groups in total. The lowest BCUT2D eigenvalue weighted by atomic mass is 10.1. The van der Waals surface area contributed by atoms with E-state index in [1.807, 2.05) is 22.8 Å². The van der Waals surface area contributed by atoms with Crippen LogP contribution in [0.25, 0.3) is 28.2 Å². The van der Waals surface area contributed by atoms with Gasteiger partial charge in [-0.2, -0.15) is 9.37 Å². The van der Waals surface area contributed by atoms with Gasteiger partial charge in [-0.15, -0.1) is 0 Å². The third-order valence-corrected chi connectivity index (χ3v) is 5.06. The smallest absolute Gasteiger partial charge is 0.214 e. The van der Waals surface area contributed by atoms with E-state index in [4.69, 9.17) is 11.5 Å². The fraction of sp³-hybridized carbons (Fsp3) is 0.150. The summed E-state index contributed by atoms with van der Waals surface area (Å²) in [5.74, 6) is 0.381. The van der Waals surface area contributed by atoms with E-state index < -0.39 is 5.95 Å². The molecule has 0 unspecified atom stereocenters. The summed E-state index contributed by atoms with van der Waals surface area (Å²) >= 11 is 0. The van der Waals surface area contributed by atoms with Crippen molar-refractivity contribution in [2.45, 2.75) is 18.9 Å². The summed E-state index contributed by atoms with van der Waals surface area (Å²) in [6.45, 7) is 0. The average molecular weight is 360 g/mol. The van der Waals surface area contributed by atoms with E-state index >= 15 is 0 Å². The molecule has 1 aliphatic carbocycles. The van der Waals surface area contributed by atoms with E-state index in [1.165, 1.54) is 11.6 Å². The summed E-state index contributed by atoms with van der Waals surface area (Å²) in [5, 5.41) is 0. The van der Waals surface area contributed by atoms with E-state index in [0.29, 0.717) is 28.4 Å². The first-order chi connectivity index (χ1) is 13.1. The van der Waals surface area contributed by atoms with Crippen molar-refractivity contribution in [3.8, 4) is 17.1 Å². The van der Waals surface area contributed by atoms with Crippen molar-refractivity contribution in [2.75, 3.05) is 5.73 Å². The summed E-state index contributed by atoms with van der Waals surface area (Å²) < 4.78 is 15.7. The van der Waals surface area contributed by atoms with Crippen molar-refractivity contribution < 1.29 is 4.39 Å². The molecular weight excluding hydrogens is 343 g/mol. The van der Waals surface area contributed by atoms with E-state index in [1.54, 1.807) is 18.3 Å². The second-order valence-electron chi connectivity index (χ2n) is 6.71. The van der Waals surface area contributed by atoms with Crippen molar-refractivity contribution in [1.82, 2.24) is 19.5 Å². The zero-order valence-corrected chi connectivity index (χ0v) is 14.4. The Morgan fingerprint density at radius 1 is 1.11 bits per heavy atom. The number of fused-ring (bicyclic) bond motifs is 2. The van der Waals surface area contributed by atoms with Gasteiger partial charge in [-0.1, -0.05) is 6.07 Å². The van der Waals surface area contributed by atoms with Crippen molar-refractivity contribution in [1.29, 1.82) is 0 Å². The van der Waals surface area contributed by atoms with Crippen molar-refractivity contribution in [2.24, 2.45) is 5.73 Å². The molecule has 0 radical (unpaired) electrons. The Labute approximate surface area is 154 Å². The van der Waals surface area contributed by atoms with Gasteiger partial charge in [0, 0.05) is 17.9 Å². The predicted octanol–water partition coefficient (Wildman–Crippen LogP) is 3.15. The normalized spacial score (nSPS) is 16.0. The van der Waals surface area contributed by atoms with Gasteiger partial charge < -0.3 is 11.5 Å². The molecule has 0 saturated carbocycles. The fourth-order valence-corrected chi connectivity index (χ4v) is 3.74. The molecule has 3 aromatic heterocycles. The van der Waals surface area contributed by atoms with Gasteiger partial charge in [0.2, 0.25) is 5.95 Å². The minimum absolute atomic E-state index is 0.0672. The van der Waals surface area contributed by atoms with Crippen LogP contribution in [0.4, 0.5) is 10.2 Å². The molecule has 0 fully saturated rings. The van der Waals surface area contributed by atoms with Gasteiger partial charge in [0.15, 0.2) is 11.5 Å².